The van der Waals surface area contributed by atoms with Crippen LogP contribution in [0.15, 0.2) is 22.9 Å². The maximum atomic E-state index is 11.4. The molecule has 6 nitrogen and oxygen atoms in total. The molecule has 136 valence electrons. The van der Waals surface area contributed by atoms with E-state index in [9.17, 15) is 9.59 Å². The number of rotatable bonds is 3. The number of esters is 1. The minimum Gasteiger partial charge on any atom is -0.477 e. The molecule has 0 radical (unpaired) electrons. The SMILES string of the molecule is CCOC(=O)c1cc2scc(C)c2[nH]1.Cc1csc2cc(C(=O)O)[nH]c12. The Morgan fingerprint density at radius 1 is 1.00 bits per heavy atom. The number of aryl methyl sites for hydroxylation is 2. The summed E-state index contributed by atoms with van der Waals surface area (Å²) in [6.45, 7) is 6.18. The molecule has 0 bridgehead atoms. The number of ether oxygens (including phenoxy) is 1. The third-order valence-corrected chi connectivity index (χ3v) is 5.90. The van der Waals surface area contributed by atoms with E-state index in [2.05, 4.69) is 15.3 Å². The molecule has 8 heteroatoms. The topological polar surface area (TPSA) is 95.2 Å². The first kappa shape index (κ1) is 18.2. The molecule has 0 aliphatic heterocycles. The third kappa shape index (κ3) is 3.51. The highest BCUT2D eigenvalue weighted by molar-refractivity contribution is 7.17. The van der Waals surface area contributed by atoms with Gasteiger partial charge in [0.25, 0.3) is 0 Å². The molecule has 0 saturated heterocycles. The van der Waals surface area contributed by atoms with E-state index in [0.717, 1.165) is 26.0 Å². The van der Waals surface area contributed by atoms with Crippen molar-refractivity contribution >= 4 is 55.0 Å². The number of fused-ring (bicyclic) bond motifs is 2. The lowest BCUT2D eigenvalue weighted by molar-refractivity contribution is 0.0520. The van der Waals surface area contributed by atoms with Crippen LogP contribution in [0.4, 0.5) is 0 Å². The van der Waals surface area contributed by atoms with Gasteiger partial charge in [0.05, 0.1) is 27.0 Å². The molecule has 3 N–H and O–H groups in total. The Balaban J connectivity index is 0.000000152. The number of H-pyrrole nitrogens is 2. The highest BCUT2D eigenvalue weighted by Gasteiger charge is 2.12. The fraction of sp³-hybridized carbons (Fsp3) is 0.222. The summed E-state index contributed by atoms with van der Waals surface area (Å²) in [6, 6.07) is 3.50. The lowest BCUT2D eigenvalue weighted by Crippen LogP contribution is -2.04. The van der Waals surface area contributed by atoms with Crippen LogP contribution in [0.1, 0.15) is 39.0 Å². The number of hydrogen-bond donors (Lipinski definition) is 3. The van der Waals surface area contributed by atoms with Gasteiger partial charge in [-0.25, -0.2) is 9.59 Å². The van der Waals surface area contributed by atoms with E-state index in [1.54, 1.807) is 35.7 Å². The van der Waals surface area contributed by atoms with E-state index in [-0.39, 0.29) is 11.7 Å². The number of carbonyl (C=O) groups is 2. The van der Waals surface area contributed by atoms with Crippen LogP contribution in [0.2, 0.25) is 0 Å². The molecule has 26 heavy (non-hydrogen) atoms. The van der Waals surface area contributed by atoms with Crippen molar-refractivity contribution in [2.75, 3.05) is 6.61 Å². The Morgan fingerprint density at radius 2 is 1.50 bits per heavy atom. The summed E-state index contributed by atoms with van der Waals surface area (Å²) in [4.78, 5) is 27.8. The van der Waals surface area contributed by atoms with Crippen LogP contribution in [0.25, 0.3) is 20.4 Å². The van der Waals surface area contributed by atoms with Gasteiger partial charge in [-0.1, -0.05) is 0 Å². The average molecular weight is 390 g/mol. The second kappa shape index (κ2) is 7.35. The average Bonchev–Trinajstić information content (AvgIpc) is 3.33. The Labute approximate surface area is 157 Å². The Kier molecular flexibility index (Phi) is 5.15. The summed E-state index contributed by atoms with van der Waals surface area (Å²) in [5, 5.41) is 12.7. The Bertz CT molecular complexity index is 1080. The zero-order chi connectivity index (χ0) is 18.8. The third-order valence-electron chi connectivity index (χ3n) is 3.80. The molecular formula is C18H18N2O4S2. The summed E-state index contributed by atoms with van der Waals surface area (Å²) in [6.07, 6.45) is 0. The monoisotopic (exact) mass is 390 g/mol. The van der Waals surface area contributed by atoms with Crippen LogP contribution < -0.4 is 0 Å². The van der Waals surface area contributed by atoms with Crippen molar-refractivity contribution in [3.63, 3.8) is 0 Å². The molecule has 0 amide bonds. The van der Waals surface area contributed by atoms with Crippen molar-refractivity contribution in [2.24, 2.45) is 0 Å². The van der Waals surface area contributed by atoms with E-state index < -0.39 is 5.97 Å². The minimum absolute atomic E-state index is 0.264. The van der Waals surface area contributed by atoms with Gasteiger partial charge in [-0.15, -0.1) is 22.7 Å². The van der Waals surface area contributed by atoms with Gasteiger partial charge in [0.15, 0.2) is 0 Å². The predicted molar refractivity (Wildman–Crippen MR) is 105 cm³/mol. The summed E-state index contributed by atoms with van der Waals surface area (Å²) >= 11 is 3.19. The smallest absolute Gasteiger partial charge is 0.354 e. The van der Waals surface area contributed by atoms with Gasteiger partial charge in [0.1, 0.15) is 11.4 Å². The van der Waals surface area contributed by atoms with Gasteiger partial charge < -0.3 is 19.8 Å². The number of hydrogen-bond acceptors (Lipinski definition) is 5. The highest BCUT2D eigenvalue weighted by atomic mass is 32.1. The first-order valence-corrected chi connectivity index (χ1v) is 9.70. The molecule has 0 unspecified atom stereocenters. The zero-order valence-corrected chi connectivity index (χ0v) is 16.1. The van der Waals surface area contributed by atoms with E-state index in [1.165, 1.54) is 5.56 Å². The summed E-state index contributed by atoms with van der Waals surface area (Å²) in [7, 11) is 0. The Hall–Kier alpha value is -2.58. The van der Waals surface area contributed by atoms with Crippen molar-refractivity contribution in [3.8, 4) is 0 Å². The molecule has 4 heterocycles. The van der Waals surface area contributed by atoms with E-state index in [4.69, 9.17) is 9.84 Å². The van der Waals surface area contributed by atoms with Crippen LogP contribution in [0.5, 0.6) is 0 Å². The van der Waals surface area contributed by atoms with Crippen molar-refractivity contribution in [1.29, 1.82) is 0 Å². The van der Waals surface area contributed by atoms with Gasteiger partial charge in [-0.05, 0) is 54.8 Å². The highest BCUT2D eigenvalue weighted by Crippen LogP contribution is 2.26. The molecule has 0 atom stereocenters. The number of aromatic amines is 2. The first-order chi connectivity index (χ1) is 12.4. The standard InChI is InChI=1S/C10H11NO2S.C8H7NO2S/c1-3-13-10(12)7-4-8-9(11-7)6(2)5-14-8;1-4-3-12-6-2-5(8(10)11)9-7(4)6/h4-5,11H,3H2,1-2H3;2-3,9H,1H3,(H,10,11). The lowest BCUT2D eigenvalue weighted by Gasteiger charge is -1.97. The summed E-state index contributed by atoms with van der Waals surface area (Å²) in [5.41, 5.74) is 5.05. The van der Waals surface area contributed by atoms with Crippen LogP contribution >= 0.6 is 22.7 Å². The van der Waals surface area contributed by atoms with Crippen molar-refractivity contribution in [1.82, 2.24) is 9.97 Å². The number of carboxylic acids is 1. The molecule has 4 rings (SSSR count). The quantitative estimate of drug-likeness (QED) is 0.431. The van der Waals surface area contributed by atoms with E-state index >= 15 is 0 Å². The largest absolute Gasteiger partial charge is 0.477 e. The molecule has 0 fully saturated rings. The lowest BCUT2D eigenvalue weighted by atomic mass is 10.3. The van der Waals surface area contributed by atoms with Crippen LogP contribution in [0, 0.1) is 13.8 Å². The Morgan fingerprint density at radius 3 is 1.96 bits per heavy atom. The fourth-order valence-electron chi connectivity index (χ4n) is 2.50. The molecule has 0 saturated carbocycles. The van der Waals surface area contributed by atoms with Crippen LogP contribution in [-0.2, 0) is 4.74 Å². The van der Waals surface area contributed by atoms with E-state index in [0.29, 0.717) is 12.3 Å². The summed E-state index contributed by atoms with van der Waals surface area (Å²) in [5.74, 6) is -1.19. The van der Waals surface area contributed by atoms with Crippen molar-refractivity contribution in [3.05, 3.63) is 45.4 Å². The normalized spacial score (nSPS) is 10.7. The molecule has 0 aliphatic rings. The first-order valence-electron chi connectivity index (χ1n) is 7.94. The molecule has 4 aromatic heterocycles. The van der Waals surface area contributed by atoms with Gasteiger partial charge >= 0.3 is 11.9 Å². The molecule has 4 aromatic rings. The maximum Gasteiger partial charge on any atom is 0.354 e. The molecule has 0 spiro atoms. The maximum absolute atomic E-state index is 11.4. The molecule has 0 aromatic carbocycles. The van der Waals surface area contributed by atoms with Crippen molar-refractivity contribution < 1.29 is 19.4 Å². The van der Waals surface area contributed by atoms with Gasteiger partial charge in [-0.2, -0.15) is 0 Å². The fourth-order valence-corrected chi connectivity index (χ4v) is 4.37. The number of nitrogens with one attached hydrogen (secondary N) is 2. The molecular weight excluding hydrogens is 372 g/mol. The number of carboxylic acid groups (broad SMARTS) is 1. The second-order valence-corrected chi connectivity index (χ2v) is 7.53. The number of aromatic nitrogens is 2. The minimum atomic E-state index is -0.905. The number of aromatic carboxylic acids is 1. The number of thiophene rings is 2. The van der Waals surface area contributed by atoms with Crippen molar-refractivity contribution in [2.45, 2.75) is 20.8 Å². The van der Waals surface area contributed by atoms with E-state index in [1.807, 2.05) is 25.3 Å². The van der Waals surface area contributed by atoms with Gasteiger partial charge in [-0.3, -0.25) is 0 Å². The molecule has 0 aliphatic carbocycles. The van der Waals surface area contributed by atoms with Gasteiger partial charge in [0.2, 0.25) is 0 Å². The second-order valence-electron chi connectivity index (χ2n) is 5.71. The van der Waals surface area contributed by atoms with Crippen LogP contribution in [0.3, 0.4) is 0 Å². The number of carbonyl (C=O) groups excluding carboxylic acids is 1. The van der Waals surface area contributed by atoms with Gasteiger partial charge in [0, 0.05) is 0 Å². The summed E-state index contributed by atoms with van der Waals surface area (Å²) < 4.78 is 7.01. The zero-order valence-electron chi connectivity index (χ0n) is 14.5. The van der Waals surface area contributed by atoms with Crippen LogP contribution in [-0.4, -0.2) is 33.6 Å². The predicted octanol–water partition coefficient (Wildman–Crippen LogP) is 4.95.